The summed E-state index contributed by atoms with van der Waals surface area (Å²) in [6.07, 6.45) is 0. The van der Waals surface area contributed by atoms with Crippen molar-refractivity contribution in [2.45, 2.75) is 0 Å². The number of benzene rings is 1. The van der Waals surface area contributed by atoms with Gasteiger partial charge in [-0.05, 0) is 18.2 Å². The Balaban J connectivity index is 1.56. The number of nitrogens with zero attached hydrogens (tertiary/aromatic N) is 2. The Labute approximate surface area is 128 Å². The first-order chi connectivity index (χ1) is 10.3. The van der Waals surface area contributed by atoms with Gasteiger partial charge in [0.1, 0.15) is 12.4 Å². The van der Waals surface area contributed by atoms with Crippen molar-refractivity contribution in [1.29, 1.82) is 0 Å². The van der Waals surface area contributed by atoms with Crippen LogP contribution in [-0.4, -0.2) is 49.3 Å². The Hall–Kier alpha value is -1.63. The first kappa shape index (κ1) is 14.3. The van der Waals surface area contributed by atoms with Gasteiger partial charge in [0.05, 0.1) is 30.1 Å². The summed E-state index contributed by atoms with van der Waals surface area (Å²) in [5, 5.41) is 2.01. The van der Waals surface area contributed by atoms with Gasteiger partial charge in [0.15, 0.2) is 0 Å². The summed E-state index contributed by atoms with van der Waals surface area (Å²) in [6.45, 7) is 5.11. The predicted octanol–water partition coefficient (Wildman–Crippen LogP) is 2.10. The molecule has 1 aromatic heterocycles. The van der Waals surface area contributed by atoms with Crippen molar-refractivity contribution in [3.8, 4) is 17.0 Å². The average Bonchev–Trinajstić information content (AvgIpc) is 3.04. The van der Waals surface area contributed by atoms with Crippen molar-refractivity contribution < 1.29 is 9.47 Å². The maximum atomic E-state index is 6.06. The molecule has 0 aliphatic carbocycles. The fraction of sp³-hybridized carbons (Fsp3) is 0.400. The standard InChI is InChI=1S/C15H19N3O2S/c16-13-9-12(14-10-21-11-17-14)1-2-15(13)20-8-5-18-3-6-19-7-4-18/h1-2,9-11H,3-8,16H2. The summed E-state index contributed by atoms with van der Waals surface area (Å²) in [4.78, 5) is 6.62. The van der Waals surface area contributed by atoms with E-state index in [1.54, 1.807) is 11.3 Å². The second kappa shape index (κ2) is 6.89. The first-order valence-electron chi connectivity index (χ1n) is 7.04. The number of hydrogen-bond donors (Lipinski definition) is 1. The molecule has 1 fully saturated rings. The number of anilines is 1. The molecule has 2 N–H and O–H groups in total. The SMILES string of the molecule is Nc1cc(-c2cscn2)ccc1OCCN1CCOCC1. The zero-order valence-corrected chi connectivity index (χ0v) is 12.6. The van der Waals surface area contributed by atoms with Crippen molar-refractivity contribution in [2.24, 2.45) is 0 Å². The van der Waals surface area contributed by atoms with Crippen LogP contribution in [0.15, 0.2) is 29.1 Å². The van der Waals surface area contributed by atoms with Crippen LogP contribution < -0.4 is 10.5 Å². The molecule has 0 unspecified atom stereocenters. The number of nitrogens with two attached hydrogens (primary N) is 1. The fourth-order valence-corrected chi connectivity index (χ4v) is 2.86. The van der Waals surface area contributed by atoms with Crippen LogP contribution in [0.4, 0.5) is 5.69 Å². The van der Waals surface area contributed by atoms with Gasteiger partial charge in [-0.2, -0.15) is 0 Å². The number of hydrogen-bond acceptors (Lipinski definition) is 6. The average molecular weight is 305 g/mol. The second-order valence-corrected chi connectivity index (χ2v) is 5.65. The Morgan fingerprint density at radius 3 is 2.90 bits per heavy atom. The van der Waals surface area contributed by atoms with Gasteiger partial charge in [-0.1, -0.05) is 0 Å². The normalized spacial score (nSPS) is 16.0. The maximum Gasteiger partial charge on any atom is 0.142 e. The van der Waals surface area contributed by atoms with Crippen LogP contribution in [-0.2, 0) is 4.74 Å². The minimum Gasteiger partial charge on any atom is -0.490 e. The second-order valence-electron chi connectivity index (χ2n) is 4.93. The molecular weight excluding hydrogens is 286 g/mol. The molecule has 1 saturated heterocycles. The smallest absolute Gasteiger partial charge is 0.142 e. The summed E-state index contributed by atoms with van der Waals surface area (Å²) in [5.74, 6) is 0.738. The summed E-state index contributed by atoms with van der Waals surface area (Å²) in [6, 6.07) is 5.83. The summed E-state index contributed by atoms with van der Waals surface area (Å²) in [7, 11) is 0. The van der Waals surface area contributed by atoms with Gasteiger partial charge in [0.2, 0.25) is 0 Å². The number of nitrogen functional groups attached to an aromatic ring is 1. The predicted molar refractivity (Wildman–Crippen MR) is 84.7 cm³/mol. The van der Waals surface area contributed by atoms with E-state index in [2.05, 4.69) is 9.88 Å². The zero-order valence-electron chi connectivity index (χ0n) is 11.8. The van der Waals surface area contributed by atoms with Crippen LogP contribution in [0.5, 0.6) is 5.75 Å². The topological polar surface area (TPSA) is 60.6 Å². The third-order valence-electron chi connectivity index (χ3n) is 3.51. The lowest BCUT2D eigenvalue weighted by molar-refractivity contribution is 0.0323. The number of ether oxygens (including phenoxy) is 2. The van der Waals surface area contributed by atoms with E-state index in [9.17, 15) is 0 Å². The molecule has 2 heterocycles. The van der Waals surface area contributed by atoms with Gasteiger partial charge in [-0.3, -0.25) is 4.90 Å². The van der Waals surface area contributed by atoms with Crippen LogP contribution >= 0.6 is 11.3 Å². The lowest BCUT2D eigenvalue weighted by atomic mass is 10.1. The van der Waals surface area contributed by atoms with E-state index >= 15 is 0 Å². The van der Waals surface area contributed by atoms with Crippen molar-refractivity contribution in [3.63, 3.8) is 0 Å². The zero-order chi connectivity index (χ0) is 14.5. The molecule has 2 aromatic rings. The van der Waals surface area contributed by atoms with Gasteiger partial charge in [-0.25, -0.2) is 4.98 Å². The van der Waals surface area contributed by atoms with E-state index in [0.717, 1.165) is 49.9 Å². The number of thiazole rings is 1. The molecule has 1 aliphatic heterocycles. The highest BCUT2D eigenvalue weighted by Crippen LogP contribution is 2.28. The number of aromatic nitrogens is 1. The summed E-state index contributed by atoms with van der Waals surface area (Å²) >= 11 is 1.58. The van der Waals surface area contributed by atoms with Crippen molar-refractivity contribution in [1.82, 2.24) is 9.88 Å². The Kier molecular flexibility index (Phi) is 4.69. The molecule has 0 bridgehead atoms. The lowest BCUT2D eigenvalue weighted by Crippen LogP contribution is -2.38. The van der Waals surface area contributed by atoms with Gasteiger partial charge in [-0.15, -0.1) is 11.3 Å². The molecule has 6 heteroatoms. The molecule has 0 radical (unpaired) electrons. The summed E-state index contributed by atoms with van der Waals surface area (Å²) < 4.78 is 11.1. The van der Waals surface area contributed by atoms with Gasteiger partial charge >= 0.3 is 0 Å². The van der Waals surface area contributed by atoms with Gasteiger partial charge in [0, 0.05) is 30.6 Å². The molecule has 5 nitrogen and oxygen atoms in total. The monoisotopic (exact) mass is 305 g/mol. The molecule has 1 aliphatic rings. The van der Waals surface area contributed by atoms with E-state index in [0.29, 0.717) is 12.3 Å². The molecule has 0 saturated carbocycles. The van der Waals surface area contributed by atoms with Crippen molar-refractivity contribution >= 4 is 17.0 Å². The van der Waals surface area contributed by atoms with Crippen molar-refractivity contribution in [3.05, 3.63) is 29.1 Å². The Morgan fingerprint density at radius 2 is 2.19 bits per heavy atom. The molecule has 21 heavy (non-hydrogen) atoms. The quantitative estimate of drug-likeness (QED) is 0.857. The molecule has 0 amide bonds. The van der Waals surface area contributed by atoms with Crippen LogP contribution in [0.2, 0.25) is 0 Å². The van der Waals surface area contributed by atoms with Crippen LogP contribution in [0, 0.1) is 0 Å². The minimum absolute atomic E-state index is 0.639. The Bertz CT molecular complexity index is 568. The van der Waals surface area contributed by atoms with E-state index in [4.69, 9.17) is 15.2 Å². The third-order valence-corrected chi connectivity index (χ3v) is 4.09. The first-order valence-corrected chi connectivity index (χ1v) is 7.98. The van der Waals surface area contributed by atoms with Crippen LogP contribution in [0.25, 0.3) is 11.3 Å². The number of rotatable bonds is 5. The van der Waals surface area contributed by atoms with E-state index in [1.165, 1.54) is 0 Å². The van der Waals surface area contributed by atoms with Crippen molar-refractivity contribution in [2.75, 3.05) is 45.2 Å². The van der Waals surface area contributed by atoms with E-state index in [1.807, 2.05) is 29.1 Å². The molecule has 0 atom stereocenters. The minimum atomic E-state index is 0.639. The van der Waals surface area contributed by atoms with Gasteiger partial charge < -0.3 is 15.2 Å². The largest absolute Gasteiger partial charge is 0.490 e. The fourth-order valence-electron chi connectivity index (χ4n) is 2.30. The molecule has 3 rings (SSSR count). The van der Waals surface area contributed by atoms with Gasteiger partial charge in [0.25, 0.3) is 0 Å². The maximum absolute atomic E-state index is 6.06. The van der Waals surface area contributed by atoms with Crippen LogP contribution in [0.1, 0.15) is 0 Å². The Morgan fingerprint density at radius 1 is 1.33 bits per heavy atom. The lowest BCUT2D eigenvalue weighted by Gasteiger charge is -2.26. The molecule has 1 aromatic carbocycles. The highest BCUT2D eigenvalue weighted by atomic mass is 32.1. The number of morpholine rings is 1. The van der Waals surface area contributed by atoms with Crippen LogP contribution in [0.3, 0.4) is 0 Å². The molecule has 112 valence electrons. The highest BCUT2D eigenvalue weighted by Gasteiger charge is 2.10. The summed E-state index contributed by atoms with van der Waals surface area (Å²) in [5.41, 5.74) is 10.5. The molecular formula is C15H19N3O2S. The third kappa shape index (κ3) is 3.72. The highest BCUT2D eigenvalue weighted by molar-refractivity contribution is 7.07. The van der Waals surface area contributed by atoms with E-state index < -0.39 is 0 Å². The molecule has 0 spiro atoms. The van der Waals surface area contributed by atoms with E-state index in [-0.39, 0.29) is 0 Å².